The minimum absolute atomic E-state index is 0.0889. The van der Waals surface area contributed by atoms with Gasteiger partial charge in [0, 0.05) is 25.0 Å². The van der Waals surface area contributed by atoms with Gasteiger partial charge in [-0.05, 0) is 20.8 Å². The standard InChI is InChI=1S/C12H20N4O4/c1-12(2,3)16(7-5-10(17)18)11(19)13-6-4-9-14-8-15-20-9/h8H,4-7H2,1-3H3,(H,13,19)(H,17,18). The second-order valence-electron chi connectivity index (χ2n) is 5.28. The molecule has 0 saturated carbocycles. The highest BCUT2D eigenvalue weighted by Gasteiger charge is 2.26. The van der Waals surface area contributed by atoms with Gasteiger partial charge in [-0.3, -0.25) is 4.79 Å². The molecule has 0 spiro atoms. The number of nitrogens with one attached hydrogen (secondary N) is 1. The molecule has 1 heterocycles. The molecule has 0 aliphatic heterocycles. The van der Waals surface area contributed by atoms with E-state index in [2.05, 4.69) is 15.5 Å². The highest BCUT2D eigenvalue weighted by atomic mass is 16.5. The molecule has 0 atom stereocenters. The minimum Gasteiger partial charge on any atom is -0.481 e. The summed E-state index contributed by atoms with van der Waals surface area (Å²) in [6.45, 7) is 6.07. The number of aromatic nitrogens is 2. The predicted octanol–water partition coefficient (Wildman–Crippen LogP) is 0.897. The summed E-state index contributed by atoms with van der Waals surface area (Å²) in [6.07, 6.45) is 1.64. The van der Waals surface area contributed by atoms with E-state index in [9.17, 15) is 9.59 Å². The van der Waals surface area contributed by atoms with Gasteiger partial charge in [0.05, 0.1) is 6.42 Å². The normalized spacial score (nSPS) is 11.2. The average Bonchev–Trinajstić information content (AvgIpc) is 2.79. The second kappa shape index (κ2) is 6.88. The van der Waals surface area contributed by atoms with E-state index in [1.165, 1.54) is 11.2 Å². The Morgan fingerprint density at radius 3 is 2.65 bits per heavy atom. The molecule has 0 aliphatic rings. The van der Waals surface area contributed by atoms with Crippen LogP contribution in [0.5, 0.6) is 0 Å². The minimum atomic E-state index is -0.932. The SMILES string of the molecule is CC(C)(C)N(CCC(=O)O)C(=O)NCCc1ncno1. The molecule has 0 unspecified atom stereocenters. The number of hydrogen-bond donors (Lipinski definition) is 2. The van der Waals surface area contributed by atoms with Gasteiger partial charge < -0.3 is 19.8 Å². The summed E-state index contributed by atoms with van der Waals surface area (Å²) < 4.78 is 4.82. The highest BCUT2D eigenvalue weighted by Crippen LogP contribution is 2.13. The van der Waals surface area contributed by atoms with Crippen LogP contribution in [0.25, 0.3) is 0 Å². The summed E-state index contributed by atoms with van der Waals surface area (Å²) in [5.41, 5.74) is -0.454. The van der Waals surface area contributed by atoms with Gasteiger partial charge in [-0.2, -0.15) is 4.98 Å². The molecular formula is C12H20N4O4. The van der Waals surface area contributed by atoms with Crippen molar-refractivity contribution >= 4 is 12.0 Å². The maximum Gasteiger partial charge on any atom is 0.317 e. The summed E-state index contributed by atoms with van der Waals surface area (Å²) in [4.78, 5) is 28.1. The number of carbonyl (C=O) groups excluding carboxylic acids is 1. The third-order valence-electron chi connectivity index (χ3n) is 2.63. The Morgan fingerprint density at radius 2 is 2.15 bits per heavy atom. The Bertz CT molecular complexity index is 439. The monoisotopic (exact) mass is 284 g/mol. The number of hydrogen-bond acceptors (Lipinski definition) is 5. The van der Waals surface area contributed by atoms with Crippen LogP contribution in [-0.2, 0) is 11.2 Å². The molecule has 8 heteroatoms. The Balaban J connectivity index is 2.48. The summed E-state index contributed by atoms with van der Waals surface area (Å²) in [7, 11) is 0. The maximum absolute atomic E-state index is 12.1. The van der Waals surface area contributed by atoms with Crippen molar-refractivity contribution < 1.29 is 19.2 Å². The summed E-state index contributed by atoms with van der Waals surface area (Å²) >= 11 is 0. The van der Waals surface area contributed by atoms with Gasteiger partial charge in [-0.25, -0.2) is 4.79 Å². The van der Waals surface area contributed by atoms with Crippen LogP contribution in [0.4, 0.5) is 4.79 Å². The smallest absolute Gasteiger partial charge is 0.317 e. The second-order valence-corrected chi connectivity index (χ2v) is 5.28. The first-order valence-electron chi connectivity index (χ1n) is 6.33. The first-order chi connectivity index (χ1) is 9.30. The molecule has 0 fully saturated rings. The van der Waals surface area contributed by atoms with Crippen molar-refractivity contribution in [2.24, 2.45) is 0 Å². The molecule has 112 valence electrons. The number of urea groups is 1. The van der Waals surface area contributed by atoms with Crippen molar-refractivity contribution in [2.75, 3.05) is 13.1 Å². The third-order valence-corrected chi connectivity index (χ3v) is 2.63. The first-order valence-corrected chi connectivity index (χ1v) is 6.33. The maximum atomic E-state index is 12.1. The molecule has 1 aromatic heterocycles. The molecule has 0 aromatic carbocycles. The van der Waals surface area contributed by atoms with Crippen molar-refractivity contribution in [3.8, 4) is 0 Å². The predicted molar refractivity (Wildman–Crippen MR) is 70.1 cm³/mol. The highest BCUT2D eigenvalue weighted by molar-refractivity contribution is 5.76. The Kier molecular flexibility index (Phi) is 5.48. The van der Waals surface area contributed by atoms with E-state index in [0.29, 0.717) is 18.9 Å². The van der Waals surface area contributed by atoms with Gasteiger partial charge >= 0.3 is 12.0 Å². The number of aliphatic carboxylic acids is 1. The molecule has 0 radical (unpaired) electrons. The van der Waals surface area contributed by atoms with Gasteiger partial charge in [-0.1, -0.05) is 5.16 Å². The zero-order valence-electron chi connectivity index (χ0n) is 11.9. The number of nitrogens with zero attached hydrogens (tertiary/aromatic N) is 3. The number of carboxylic acid groups (broad SMARTS) is 1. The van der Waals surface area contributed by atoms with Gasteiger partial charge in [0.15, 0.2) is 6.33 Å². The Hall–Kier alpha value is -2.12. The van der Waals surface area contributed by atoms with Crippen LogP contribution >= 0.6 is 0 Å². The average molecular weight is 284 g/mol. The third kappa shape index (κ3) is 5.25. The van der Waals surface area contributed by atoms with E-state index in [4.69, 9.17) is 9.63 Å². The lowest BCUT2D eigenvalue weighted by Gasteiger charge is -2.35. The van der Waals surface area contributed by atoms with E-state index in [-0.39, 0.29) is 19.0 Å². The van der Waals surface area contributed by atoms with Crippen LogP contribution < -0.4 is 5.32 Å². The summed E-state index contributed by atoms with van der Waals surface area (Å²) in [5, 5.41) is 14.9. The zero-order valence-corrected chi connectivity index (χ0v) is 11.9. The van der Waals surface area contributed by atoms with Gasteiger partial charge in [0.1, 0.15) is 0 Å². The molecule has 0 saturated heterocycles. The van der Waals surface area contributed by atoms with Crippen molar-refractivity contribution in [1.82, 2.24) is 20.4 Å². The lowest BCUT2D eigenvalue weighted by Crippen LogP contribution is -2.51. The fourth-order valence-electron chi connectivity index (χ4n) is 1.63. The topological polar surface area (TPSA) is 109 Å². The van der Waals surface area contributed by atoms with Crippen LogP contribution in [0, 0.1) is 0 Å². The first kappa shape index (κ1) is 15.9. The summed E-state index contributed by atoms with van der Waals surface area (Å²) in [5.74, 6) is -0.490. The molecule has 1 rings (SSSR count). The van der Waals surface area contributed by atoms with E-state index in [1.807, 2.05) is 20.8 Å². The number of rotatable bonds is 6. The Labute approximate surface area is 117 Å². The molecule has 1 aromatic rings. The van der Waals surface area contributed by atoms with Crippen LogP contribution in [0.3, 0.4) is 0 Å². The van der Waals surface area contributed by atoms with E-state index >= 15 is 0 Å². The van der Waals surface area contributed by atoms with Crippen LogP contribution in [0.2, 0.25) is 0 Å². The molecule has 0 bridgehead atoms. The van der Waals surface area contributed by atoms with Crippen LogP contribution in [0.1, 0.15) is 33.1 Å². The number of carbonyl (C=O) groups is 2. The largest absolute Gasteiger partial charge is 0.481 e. The quantitative estimate of drug-likeness (QED) is 0.803. The van der Waals surface area contributed by atoms with E-state index in [1.54, 1.807) is 0 Å². The summed E-state index contributed by atoms with van der Waals surface area (Å²) in [6, 6.07) is -0.307. The molecule has 0 aliphatic carbocycles. The van der Waals surface area contributed by atoms with E-state index < -0.39 is 11.5 Å². The molecule has 8 nitrogen and oxygen atoms in total. The van der Waals surface area contributed by atoms with Crippen molar-refractivity contribution in [3.05, 3.63) is 12.2 Å². The fraction of sp³-hybridized carbons (Fsp3) is 0.667. The van der Waals surface area contributed by atoms with Crippen molar-refractivity contribution in [3.63, 3.8) is 0 Å². The molecular weight excluding hydrogens is 264 g/mol. The zero-order chi connectivity index (χ0) is 15.2. The lowest BCUT2D eigenvalue weighted by atomic mass is 10.1. The molecule has 2 N–H and O–H groups in total. The fourth-order valence-corrected chi connectivity index (χ4v) is 1.63. The van der Waals surface area contributed by atoms with Crippen molar-refractivity contribution in [1.29, 1.82) is 0 Å². The van der Waals surface area contributed by atoms with Crippen LogP contribution in [-0.4, -0.2) is 50.8 Å². The van der Waals surface area contributed by atoms with Crippen molar-refractivity contribution in [2.45, 2.75) is 39.2 Å². The van der Waals surface area contributed by atoms with Gasteiger partial charge in [0.2, 0.25) is 5.89 Å². The Morgan fingerprint density at radius 1 is 1.45 bits per heavy atom. The van der Waals surface area contributed by atoms with Gasteiger partial charge in [0.25, 0.3) is 0 Å². The number of carboxylic acids is 1. The van der Waals surface area contributed by atoms with E-state index in [0.717, 1.165) is 0 Å². The molecule has 20 heavy (non-hydrogen) atoms. The number of amides is 2. The molecule has 2 amide bonds. The van der Waals surface area contributed by atoms with Crippen LogP contribution in [0.15, 0.2) is 10.9 Å². The van der Waals surface area contributed by atoms with Gasteiger partial charge in [-0.15, -0.1) is 0 Å². The lowest BCUT2D eigenvalue weighted by molar-refractivity contribution is -0.137.